The van der Waals surface area contributed by atoms with Crippen LogP contribution in [0.2, 0.25) is 0 Å². The van der Waals surface area contributed by atoms with Crippen molar-refractivity contribution in [2.24, 2.45) is 0 Å². The maximum absolute atomic E-state index is 11.3. The molecule has 9 nitrogen and oxygen atoms in total. The van der Waals surface area contributed by atoms with E-state index in [1.165, 1.54) is 0 Å². The van der Waals surface area contributed by atoms with E-state index in [9.17, 15) is 9.90 Å². The predicted molar refractivity (Wildman–Crippen MR) is 123 cm³/mol. The fourth-order valence-electron chi connectivity index (χ4n) is 3.69. The molecule has 0 radical (unpaired) electrons. The number of aryl methyl sites for hydroxylation is 1. The SMILES string of the molecule is Cc1cc(C(=O)O)ccc1-c1cc2nc(-c3cnc(N)nc3)nc(N3CCOCC3)c2s1. The molecule has 0 bridgehead atoms. The fraction of sp³-hybridized carbons (Fsp3) is 0.227. The summed E-state index contributed by atoms with van der Waals surface area (Å²) >= 11 is 1.60. The van der Waals surface area contributed by atoms with Crippen LogP contribution in [-0.4, -0.2) is 57.3 Å². The second kappa shape index (κ2) is 8.13. The number of aromatic nitrogens is 4. The Morgan fingerprint density at radius 2 is 1.91 bits per heavy atom. The number of fused-ring (bicyclic) bond motifs is 1. The van der Waals surface area contributed by atoms with Crippen LogP contribution in [0.5, 0.6) is 0 Å². The quantitative estimate of drug-likeness (QED) is 0.483. The number of carbonyl (C=O) groups is 1. The van der Waals surface area contributed by atoms with E-state index in [-0.39, 0.29) is 11.5 Å². The van der Waals surface area contributed by atoms with E-state index in [1.807, 2.05) is 19.1 Å². The number of aromatic carboxylic acids is 1. The number of rotatable bonds is 4. The zero-order chi connectivity index (χ0) is 22.2. The highest BCUT2D eigenvalue weighted by molar-refractivity contribution is 7.22. The normalized spacial score (nSPS) is 14.1. The van der Waals surface area contributed by atoms with E-state index >= 15 is 0 Å². The van der Waals surface area contributed by atoms with Gasteiger partial charge in [0.15, 0.2) is 11.6 Å². The Bertz CT molecular complexity index is 1320. The number of nitrogens with zero attached hydrogens (tertiary/aromatic N) is 5. The first-order valence-corrected chi connectivity index (χ1v) is 10.9. The molecule has 1 saturated heterocycles. The van der Waals surface area contributed by atoms with E-state index in [0.29, 0.717) is 24.6 Å². The second-order valence-corrected chi connectivity index (χ2v) is 8.51. The molecule has 162 valence electrons. The third-order valence-electron chi connectivity index (χ3n) is 5.33. The standard InChI is InChI=1S/C22H20N6O3S/c1-12-8-13(21(29)30)2-3-15(12)17-9-16-18(32-17)20(28-4-6-31-7-5-28)27-19(26-16)14-10-24-22(23)25-11-14/h2-3,8-11H,4-7H2,1H3,(H,29,30)(H2,23,24,25). The van der Waals surface area contributed by atoms with Gasteiger partial charge in [0.1, 0.15) is 0 Å². The number of nitrogens with two attached hydrogens (primary N) is 1. The molecule has 1 aliphatic heterocycles. The van der Waals surface area contributed by atoms with Crippen molar-refractivity contribution < 1.29 is 14.6 Å². The molecular formula is C22H20N6O3S. The van der Waals surface area contributed by atoms with Gasteiger partial charge >= 0.3 is 5.97 Å². The molecule has 0 amide bonds. The Morgan fingerprint density at radius 1 is 1.16 bits per heavy atom. The van der Waals surface area contributed by atoms with Crippen LogP contribution in [0.3, 0.4) is 0 Å². The molecule has 1 aromatic carbocycles. The topological polar surface area (TPSA) is 127 Å². The molecule has 1 fully saturated rings. The molecule has 10 heteroatoms. The molecule has 3 N–H and O–H groups in total. The van der Waals surface area contributed by atoms with E-state index in [4.69, 9.17) is 20.4 Å². The van der Waals surface area contributed by atoms with Gasteiger partial charge in [0, 0.05) is 30.4 Å². The smallest absolute Gasteiger partial charge is 0.335 e. The predicted octanol–water partition coefficient (Wildman–Crippen LogP) is 3.24. The van der Waals surface area contributed by atoms with Gasteiger partial charge in [-0.15, -0.1) is 11.3 Å². The Kier molecular flexibility index (Phi) is 5.16. The van der Waals surface area contributed by atoms with Crippen LogP contribution in [0.25, 0.3) is 32.0 Å². The molecule has 5 rings (SSSR count). The number of hydrogen-bond donors (Lipinski definition) is 2. The third-order valence-corrected chi connectivity index (χ3v) is 6.49. The van der Waals surface area contributed by atoms with Crippen molar-refractivity contribution in [3.63, 3.8) is 0 Å². The molecule has 32 heavy (non-hydrogen) atoms. The lowest BCUT2D eigenvalue weighted by Crippen LogP contribution is -2.36. The Hall–Kier alpha value is -3.63. The van der Waals surface area contributed by atoms with Crippen molar-refractivity contribution >= 4 is 39.3 Å². The van der Waals surface area contributed by atoms with E-state index in [1.54, 1.807) is 35.9 Å². The number of nitrogen functional groups attached to an aromatic ring is 1. The van der Waals surface area contributed by atoms with E-state index in [2.05, 4.69) is 14.9 Å². The Labute approximate surface area is 187 Å². The van der Waals surface area contributed by atoms with Crippen LogP contribution in [0.1, 0.15) is 15.9 Å². The lowest BCUT2D eigenvalue weighted by molar-refractivity contribution is 0.0697. The molecule has 3 aromatic heterocycles. The highest BCUT2D eigenvalue weighted by Gasteiger charge is 2.21. The molecule has 0 atom stereocenters. The minimum Gasteiger partial charge on any atom is -0.478 e. The van der Waals surface area contributed by atoms with Crippen LogP contribution in [0.4, 0.5) is 11.8 Å². The largest absolute Gasteiger partial charge is 0.478 e. The zero-order valence-corrected chi connectivity index (χ0v) is 18.1. The second-order valence-electron chi connectivity index (χ2n) is 7.46. The average molecular weight is 449 g/mol. The van der Waals surface area contributed by atoms with E-state index in [0.717, 1.165) is 45.1 Å². The first kappa shape index (κ1) is 20.3. The summed E-state index contributed by atoms with van der Waals surface area (Å²) in [7, 11) is 0. The van der Waals surface area contributed by atoms with E-state index < -0.39 is 5.97 Å². The van der Waals surface area contributed by atoms with Crippen molar-refractivity contribution in [2.45, 2.75) is 6.92 Å². The number of carboxylic acids is 1. The number of carboxylic acid groups (broad SMARTS) is 1. The fourth-order valence-corrected chi connectivity index (χ4v) is 4.90. The summed E-state index contributed by atoms with van der Waals surface area (Å²) in [6.07, 6.45) is 3.24. The highest BCUT2D eigenvalue weighted by atomic mass is 32.1. The highest BCUT2D eigenvalue weighted by Crippen LogP contribution is 2.39. The third kappa shape index (κ3) is 3.74. The molecule has 0 aliphatic carbocycles. The van der Waals surface area contributed by atoms with Crippen LogP contribution >= 0.6 is 11.3 Å². The molecular weight excluding hydrogens is 428 g/mol. The Morgan fingerprint density at radius 3 is 2.59 bits per heavy atom. The Balaban J connectivity index is 1.66. The molecule has 4 aromatic rings. The van der Waals surface area contributed by atoms with Gasteiger partial charge < -0.3 is 20.5 Å². The summed E-state index contributed by atoms with van der Waals surface area (Å²) in [4.78, 5) is 32.3. The molecule has 1 aliphatic rings. The number of ether oxygens (including phenoxy) is 1. The van der Waals surface area contributed by atoms with Gasteiger partial charge in [-0.1, -0.05) is 6.07 Å². The van der Waals surface area contributed by atoms with Gasteiger partial charge in [-0.2, -0.15) is 0 Å². The lowest BCUT2D eigenvalue weighted by Gasteiger charge is -2.28. The number of thiophene rings is 1. The van der Waals surface area contributed by atoms with Crippen LogP contribution in [-0.2, 0) is 4.74 Å². The number of anilines is 2. The van der Waals surface area contributed by atoms with Crippen LogP contribution in [0.15, 0.2) is 36.7 Å². The maximum atomic E-state index is 11.3. The monoisotopic (exact) mass is 448 g/mol. The molecule has 0 saturated carbocycles. The van der Waals surface area contributed by atoms with Crippen molar-refractivity contribution in [1.29, 1.82) is 0 Å². The summed E-state index contributed by atoms with van der Waals surface area (Å²) < 4.78 is 6.49. The summed E-state index contributed by atoms with van der Waals surface area (Å²) in [5.74, 6) is 0.635. The molecule has 4 heterocycles. The van der Waals surface area contributed by atoms with Gasteiger partial charge in [0.05, 0.1) is 34.6 Å². The summed E-state index contributed by atoms with van der Waals surface area (Å²) in [5, 5.41) is 9.27. The first-order chi connectivity index (χ1) is 15.5. The zero-order valence-electron chi connectivity index (χ0n) is 17.3. The van der Waals surface area contributed by atoms with Gasteiger partial charge in [-0.3, -0.25) is 0 Å². The molecule has 0 unspecified atom stereocenters. The summed E-state index contributed by atoms with van der Waals surface area (Å²) in [5.41, 5.74) is 9.27. The summed E-state index contributed by atoms with van der Waals surface area (Å²) in [6, 6.07) is 7.19. The number of morpholine rings is 1. The minimum absolute atomic E-state index is 0.196. The van der Waals surface area contributed by atoms with Gasteiger partial charge in [-0.05, 0) is 36.2 Å². The minimum atomic E-state index is -0.938. The summed E-state index contributed by atoms with van der Waals surface area (Å²) in [6.45, 7) is 4.67. The van der Waals surface area contributed by atoms with Crippen molar-refractivity contribution in [3.05, 3.63) is 47.8 Å². The van der Waals surface area contributed by atoms with Crippen molar-refractivity contribution in [1.82, 2.24) is 19.9 Å². The van der Waals surface area contributed by atoms with Gasteiger partial charge in [0.2, 0.25) is 5.95 Å². The number of benzene rings is 1. The average Bonchev–Trinajstić information content (AvgIpc) is 3.23. The van der Waals surface area contributed by atoms with Crippen molar-refractivity contribution in [3.8, 4) is 21.8 Å². The maximum Gasteiger partial charge on any atom is 0.335 e. The molecule has 0 spiro atoms. The van der Waals surface area contributed by atoms with Crippen LogP contribution < -0.4 is 10.6 Å². The van der Waals surface area contributed by atoms with Crippen LogP contribution in [0, 0.1) is 6.92 Å². The van der Waals surface area contributed by atoms with Gasteiger partial charge in [-0.25, -0.2) is 24.7 Å². The van der Waals surface area contributed by atoms with Crippen molar-refractivity contribution in [2.75, 3.05) is 36.9 Å². The van der Waals surface area contributed by atoms with Gasteiger partial charge in [0.25, 0.3) is 0 Å². The first-order valence-electron chi connectivity index (χ1n) is 10.1. The lowest BCUT2D eigenvalue weighted by atomic mass is 10.0. The number of hydrogen-bond acceptors (Lipinski definition) is 9.